The maximum Gasteiger partial charge on any atom is 0.118 e. The molecule has 0 radical (unpaired) electrons. The molecule has 16 heavy (non-hydrogen) atoms. The van der Waals surface area contributed by atoms with E-state index in [-0.39, 0.29) is 12.0 Å². The molecule has 1 aromatic carbocycles. The molecule has 1 saturated heterocycles. The van der Waals surface area contributed by atoms with Crippen molar-refractivity contribution in [3.05, 3.63) is 29.8 Å². The van der Waals surface area contributed by atoms with Crippen molar-refractivity contribution < 1.29 is 14.6 Å². The minimum atomic E-state index is -0.121. The van der Waals surface area contributed by atoms with Gasteiger partial charge in [0.25, 0.3) is 0 Å². The molecule has 0 aliphatic carbocycles. The number of hydrogen-bond donors (Lipinski definition) is 1. The minimum absolute atomic E-state index is 0.121. The predicted octanol–water partition coefficient (Wildman–Crippen LogP) is 1.74. The highest BCUT2D eigenvalue weighted by Gasteiger charge is 2.33. The van der Waals surface area contributed by atoms with Gasteiger partial charge in [-0.25, -0.2) is 0 Å². The fourth-order valence-corrected chi connectivity index (χ4v) is 2.24. The van der Waals surface area contributed by atoms with E-state index >= 15 is 0 Å². The quantitative estimate of drug-likeness (QED) is 0.846. The van der Waals surface area contributed by atoms with Gasteiger partial charge in [0.2, 0.25) is 0 Å². The number of methoxy groups -OCH3 is 1. The average Bonchev–Trinajstić information content (AvgIpc) is 2.39. The summed E-state index contributed by atoms with van der Waals surface area (Å²) in [4.78, 5) is 0. The highest BCUT2D eigenvalue weighted by Crippen LogP contribution is 2.34. The van der Waals surface area contributed by atoms with E-state index in [0.717, 1.165) is 31.8 Å². The van der Waals surface area contributed by atoms with Crippen molar-refractivity contribution in [2.75, 3.05) is 26.9 Å². The summed E-state index contributed by atoms with van der Waals surface area (Å²) >= 11 is 0. The van der Waals surface area contributed by atoms with Gasteiger partial charge in [-0.15, -0.1) is 0 Å². The molecule has 3 nitrogen and oxygen atoms in total. The molecule has 0 unspecified atom stereocenters. The molecule has 0 bridgehead atoms. The molecule has 0 saturated carbocycles. The molecule has 1 aliphatic heterocycles. The van der Waals surface area contributed by atoms with E-state index in [2.05, 4.69) is 0 Å². The van der Waals surface area contributed by atoms with Crippen LogP contribution in [0.15, 0.2) is 24.3 Å². The zero-order valence-corrected chi connectivity index (χ0v) is 9.61. The van der Waals surface area contributed by atoms with Crippen LogP contribution in [0.3, 0.4) is 0 Å². The highest BCUT2D eigenvalue weighted by molar-refractivity contribution is 5.33. The zero-order chi connectivity index (χ0) is 11.4. The fraction of sp³-hybridized carbons (Fsp3) is 0.538. The third-order valence-electron chi connectivity index (χ3n) is 3.45. The van der Waals surface area contributed by atoms with Gasteiger partial charge in [-0.05, 0) is 30.5 Å². The van der Waals surface area contributed by atoms with E-state index in [0.29, 0.717) is 0 Å². The SMILES string of the molecule is COc1ccc(C2(CO)CCOCC2)cc1. The lowest BCUT2D eigenvalue weighted by atomic mass is 9.75. The summed E-state index contributed by atoms with van der Waals surface area (Å²) in [5.41, 5.74) is 1.06. The monoisotopic (exact) mass is 222 g/mol. The van der Waals surface area contributed by atoms with Gasteiger partial charge in [0.15, 0.2) is 0 Å². The summed E-state index contributed by atoms with van der Waals surface area (Å²) in [5.74, 6) is 0.851. The zero-order valence-electron chi connectivity index (χ0n) is 9.61. The van der Waals surface area contributed by atoms with E-state index in [1.807, 2.05) is 24.3 Å². The maximum atomic E-state index is 9.63. The van der Waals surface area contributed by atoms with Gasteiger partial charge >= 0.3 is 0 Å². The van der Waals surface area contributed by atoms with Crippen molar-refractivity contribution in [3.8, 4) is 5.75 Å². The third kappa shape index (κ3) is 2.06. The highest BCUT2D eigenvalue weighted by atomic mass is 16.5. The van der Waals surface area contributed by atoms with Crippen LogP contribution in [-0.4, -0.2) is 32.0 Å². The number of aliphatic hydroxyl groups excluding tert-OH is 1. The Morgan fingerprint density at radius 2 is 1.88 bits per heavy atom. The van der Waals surface area contributed by atoms with Crippen LogP contribution >= 0.6 is 0 Å². The number of rotatable bonds is 3. The van der Waals surface area contributed by atoms with E-state index in [9.17, 15) is 5.11 Å². The first-order chi connectivity index (χ1) is 7.80. The summed E-state index contributed by atoms with van der Waals surface area (Å²) in [5, 5.41) is 9.63. The third-order valence-corrected chi connectivity index (χ3v) is 3.45. The van der Waals surface area contributed by atoms with Gasteiger partial charge in [0, 0.05) is 18.6 Å². The largest absolute Gasteiger partial charge is 0.497 e. The Balaban J connectivity index is 2.24. The van der Waals surface area contributed by atoms with Crippen molar-refractivity contribution in [3.63, 3.8) is 0 Å². The topological polar surface area (TPSA) is 38.7 Å². The maximum absolute atomic E-state index is 9.63. The van der Waals surface area contributed by atoms with Crippen molar-refractivity contribution >= 4 is 0 Å². The van der Waals surface area contributed by atoms with Gasteiger partial charge in [-0.1, -0.05) is 12.1 Å². The summed E-state index contributed by atoms with van der Waals surface area (Å²) in [6, 6.07) is 7.98. The molecule has 3 heteroatoms. The second-order valence-electron chi connectivity index (χ2n) is 4.28. The first kappa shape index (κ1) is 11.4. The van der Waals surface area contributed by atoms with Crippen LogP contribution in [0.25, 0.3) is 0 Å². The van der Waals surface area contributed by atoms with Crippen LogP contribution in [0, 0.1) is 0 Å². The molecule has 1 fully saturated rings. The Morgan fingerprint density at radius 1 is 1.25 bits per heavy atom. The Hall–Kier alpha value is -1.06. The Bertz CT molecular complexity index is 326. The van der Waals surface area contributed by atoms with Gasteiger partial charge in [-0.2, -0.15) is 0 Å². The van der Waals surface area contributed by atoms with Crippen LogP contribution in [0.1, 0.15) is 18.4 Å². The minimum Gasteiger partial charge on any atom is -0.497 e. The molecular formula is C13H18O3. The van der Waals surface area contributed by atoms with Crippen molar-refractivity contribution in [1.29, 1.82) is 0 Å². The lowest BCUT2D eigenvalue weighted by Gasteiger charge is -2.36. The average molecular weight is 222 g/mol. The van der Waals surface area contributed by atoms with Crippen molar-refractivity contribution in [2.45, 2.75) is 18.3 Å². The second-order valence-corrected chi connectivity index (χ2v) is 4.28. The lowest BCUT2D eigenvalue weighted by Crippen LogP contribution is -2.37. The number of benzene rings is 1. The van der Waals surface area contributed by atoms with Gasteiger partial charge in [0.1, 0.15) is 5.75 Å². The number of ether oxygens (including phenoxy) is 2. The Kier molecular flexibility index (Phi) is 3.46. The molecule has 88 valence electrons. The van der Waals surface area contributed by atoms with Gasteiger partial charge in [0.05, 0.1) is 13.7 Å². The van der Waals surface area contributed by atoms with Gasteiger partial charge < -0.3 is 14.6 Å². The predicted molar refractivity (Wildman–Crippen MR) is 61.8 cm³/mol. The molecule has 1 aromatic rings. The molecular weight excluding hydrogens is 204 g/mol. The molecule has 2 rings (SSSR count). The van der Waals surface area contributed by atoms with E-state index in [4.69, 9.17) is 9.47 Å². The lowest BCUT2D eigenvalue weighted by molar-refractivity contribution is 0.0253. The molecule has 0 amide bonds. The van der Waals surface area contributed by atoms with E-state index in [1.165, 1.54) is 5.56 Å². The first-order valence-electron chi connectivity index (χ1n) is 5.64. The fourth-order valence-electron chi connectivity index (χ4n) is 2.24. The molecule has 0 spiro atoms. The Labute approximate surface area is 96.0 Å². The number of hydrogen-bond acceptors (Lipinski definition) is 3. The number of aliphatic hydroxyl groups is 1. The smallest absolute Gasteiger partial charge is 0.118 e. The first-order valence-corrected chi connectivity index (χ1v) is 5.64. The van der Waals surface area contributed by atoms with Crippen LogP contribution in [-0.2, 0) is 10.2 Å². The van der Waals surface area contributed by atoms with Crippen LogP contribution in [0.2, 0.25) is 0 Å². The molecule has 1 aliphatic rings. The van der Waals surface area contributed by atoms with Crippen LogP contribution < -0.4 is 4.74 Å². The summed E-state index contributed by atoms with van der Waals surface area (Å²) < 4.78 is 10.5. The molecule has 0 atom stereocenters. The summed E-state index contributed by atoms with van der Waals surface area (Å²) in [7, 11) is 1.66. The van der Waals surface area contributed by atoms with E-state index < -0.39 is 0 Å². The summed E-state index contributed by atoms with van der Waals surface area (Å²) in [6.45, 7) is 1.64. The summed E-state index contributed by atoms with van der Waals surface area (Å²) in [6.07, 6.45) is 1.77. The van der Waals surface area contributed by atoms with Crippen molar-refractivity contribution in [2.24, 2.45) is 0 Å². The van der Waals surface area contributed by atoms with Gasteiger partial charge in [-0.3, -0.25) is 0 Å². The normalized spacial score (nSPS) is 19.4. The molecule has 1 heterocycles. The second kappa shape index (κ2) is 4.85. The van der Waals surface area contributed by atoms with Crippen molar-refractivity contribution in [1.82, 2.24) is 0 Å². The molecule has 1 N–H and O–H groups in total. The molecule has 0 aromatic heterocycles. The van der Waals surface area contributed by atoms with E-state index in [1.54, 1.807) is 7.11 Å². The standard InChI is InChI=1S/C13H18O3/c1-15-12-4-2-11(3-5-12)13(10-14)6-8-16-9-7-13/h2-5,14H,6-10H2,1H3. The van der Waals surface area contributed by atoms with Crippen LogP contribution in [0.5, 0.6) is 5.75 Å². The van der Waals surface area contributed by atoms with Crippen LogP contribution in [0.4, 0.5) is 0 Å². The Morgan fingerprint density at radius 3 is 2.38 bits per heavy atom.